The lowest BCUT2D eigenvalue weighted by molar-refractivity contribution is -0.149. The summed E-state index contributed by atoms with van der Waals surface area (Å²) in [5.41, 5.74) is -1.05. The number of hydrogen-bond donors (Lipinski definition) is 3. The van der Waals surface area contributed by atoms with Gasteiger partial charge < -0.3 is 15.7 Å². The van der Waals surface area contributed by atoms with Crippen molar-refractivity contribution in [2.75, 3.05) is 6.54 Å². The number of carboxylic acids is 1. The molecular formula is C14H26N2O3. The number of amides is 1. The van der Waals surface area contributed by atoms with Gasteiger partial charge in [0.25, 0.3) is 0 Å². The van der Waals surface area contributed by atoms with Gasteiger partial charge in [-0.3, -0.25) is 4.79 Å². The van der Waals surface area contributed by atoms with E-state index >= 15 is 0 Å². The monoisotopic (exact) mass is 270 g/mol. The van der Waals surface area contributed by atoms with E-state index < -0.39 is 11.5 Å². The third kappa shape index (κ3) is 4.49. The van der Waals surface area contributed by atoms with Gasteiger partial charge in [0.2, 0.25) is 5.91 Å². The zero-order valence-corrected chi connectivity index (χ0v) is 12.2. The Morgan fingerprint density at radius 1 is 1.37 bits per heavy atom. The van der Waals surface area contributed by atoms with Gasteiger partial charge in [-0.05, 0) is 44.9 Å². The van der Waals surface area contributed by atoms with Crippen molar-refractivity contribution in [3.05, 3.63) is 0 Å². The molecule has 0 aliphatic heterocycles. The molecule has 0 heterocycles. The van der Waals surface area contributed by atoms with Crippen LogP contribution in [0.5, 0.6) is 0 Å². The summed E-state index contributed by atoms with van der Waals surface area (Å²) in [6.45, 7) is 6.34. The van der Waals surface area contributed by atoms with Crippen molar-refractivity contribution < 1.29 is 14.7 Å². The number of nitrogens with one attached hydrogen (secondary N) is 2. The lowest BCUT2D eigenvalue weighted by atomic mass is 9.77. The maximum atomic E-state index is 11.9. The van der Waals surface area contributed by atoms with Crippen molar-refractivity contribution in [2.24, 2.45) is 5.92 Å². The molecule has 5 nitrogen and oxygen atoms in total. The minimum atomic E-state index is -1.05. The lowest BCUT2D eigenvalue weighted by Crippen LogP contribution is -2.58. The largest absolute Gasteiger partial charge is 0.480 e. The molecule has 3 N–H and O–H groups in total. The SMILES string of the molecule is CCC(C)NCC(=O)NC1(C(=O)O)CCC(C)CC1. The van der Waals surface area contributed by atoms with E-state index in [-0.39, 0.29) is 18.5 Å². The van der Waals surface area contributed by atoms with Gasteiger partial charge in [0.15, 0.2) is 0 Å². The predicted molar refractivity (Wildman–Crippen MR) is 73.9 cm³/mol. The molecule has 0 aromatic carbocycles. The topological polar surface area (TPSA) is 78.4 Å². The van der Waals surface area contributed by atoms with Gasteiger partial charge in [0.1, 0.15) is 5.54 Å². The summed E-state index contributed by atoms with van der Waals surface area (Å²) >= 11 is 0. The quantitative estimate of drug-likeness (QED) is 0.684. The highest BCUT2D eigenvalue weighted by Crippen LogP contribution is 2.32. The van der Waals surface area contributed by atoms with Crippen LogP contribution in [0.15, 0.2) is 0 Å². The Bertz CT molecular complexity index is 323. The normalized spacial score (nSPS) is 28.7. The summed E-state index contributed by atoms with van der Waals surface area (Å²) in [5, 5.41) is 15.2. The molecule has 19 heavy (non-hydrogen) atoms. The van der Waals surface area contributed by atoms with E-state index in [2.05, 4.69) is 17.6 Å². The maximum Gasteiger partial charge on any atom is 0.329 e. The number of aliphatic carboxylic acids is 1. The smallest absolute Gasteiger partial charge is 0.329 e. The minimum Gasteiger partial charge on any atom is -0.480 e. The van der Waals surface area contributed by atoms with Crippen LogP contribution in [0, 0.1) is 5.92 Å². The first-order valence-electron chi connectivity index (χ1n) is 7.17. The molecule has 0 radical (unpaired) electrons. The van der Waals surface area contributed by atoms with Crippen LogP contribution in [0.3, 0.4) is 0 Å². The van der Waals surface area contributed by atoms with E-state index in [1.807, 2.05) is 13.8 Å². The van der Waals surface area contributed by atoms with Gasteiger partial charge in [0, 0.05) is 6.04 Å². The van der Waals surface area contributed by atoms with Crippen LogP contribution in [0.2, 0.25) is 0 Å². The number of carbonyl (C=O) groups is 2. The molecule has 1 amide bonds. The second kappa shape index (κ2) is 6.89. The van der Waals surface area contributed by atoms with Crippen LogP contribution in [0.25, 0.3) is 0 Å². The van der Waals surface area contributed by atoms with E-state index in [9.17, 15) is 14.7 Å². The molecule has 0 aromatic heterocycles. The lowest BCUT2D eigenvalue weighted by Gasteiger charge is -2.36. The van der Waals surface area contributed by atoms with Gasteiger partial charge in [-0.1, -0.05) is 13.8 Å². The third-order valence-electron chi connectivity index (χ3n) is 4.14. The van der Waals surface area contributed by atoms with Gasteiger partial charge in [-0.25, -0.2) is 4.79 Å². The summed E-state index contributed by atoms with van der Waals surface area (Å²) in [7, 11) is 0. The van der Waals surface area contributed by atoms with E-state index in [0.717, 1.165) is 19.3 Å². The zero-order valence-electron chi connectivity index (χ0n) is 12.2. The third-order valence-corrected chi connectivity index (χ3v) is 4.14. The molecule has 1 fully saturated rings. The summed E-state index contributed by atoms with van der Waals surface area (Å²) in [5.74, 6) is -0.587. The molecule has 0 bridgehead atoms. The van der Waals surface area contributed by atoms with E-state index in [1.54, 1.807) is 0 Å². The summed E-state index contributed by atoms with van der Waals surface area (Å²) in [6.07, 6.45) is 3.70. The highest BCUT2D eigenvalue weighted by Gasteiger charge is 2.42. The van der Waals surface area contributed by atoms with Crippen LogP contribution in [-0.4, -0.2) is 35.1 Å². The summed E-state index contributed by atoms with van der Waals surface area (Å²) in [4.78, 5) is 23.4. The Balaban J connectivity index is 2.54. The van der Waals surface area contributed by atoms with Crippen molar-refractivity contribution in [1.82, 2.24) is 10.6 Å². The highest BCUT2D eigenvalue weighted by molar-refractivity contribution is 5.88. The van der Waals surface area contributed by atoms with Gasteiger partial charge in [-0.2, -0.15) is 0 Å². The first kappa shape index (κ1) is 16.0. The second-order valence-electron chi connectivity index (χ2n) is 5.81. The van der Waals surface area contributed by atoms with Crippen LogP contribution < -0.4 is 10.6 Å². The molecule has 1 rings (SSSR count). The van der Waals surface area contributed by atoms with Crippen LogP contribution >= 0.6 is 0 Å². The molecule has 1 unspecified atom stereocenters. The number of rotatable bonds is 6. The van der Waals surface area contributed by atoms with Crippen molar-refractivity contribution >= 4 is 11.9 Å². The fourth-order valence-electron chi connectivity index (χ4n) is 2.37. The van der Waals surface area contributed by atoms with E-state index in [0.29, 0.717) is 18.8 Å². The maximum absolute atomic E-state index is 11.9. The second-order valence-corrected chi connectivity index (χ2v) is 5.81. The fourth-order valence-corrected chi connectivity index (χ4v) is 2.37. The standard InChI is InChI=1S/C14H26N2O3/c1-4-11(3)15-9-12(17)16-14(13(18)19)7-5-10(2)6-8-14/h10-11,15H,4-9H2,1-3H3,(H,16,17)(H,18,19). The van der Waals surface area contributed by atoms with Crippen LogP contribution in [-0.2, 0) is 9.59 Å². The van der Waals surface area contributed by atoms with Crippen molar-refractivity contribution in [3.63, 3.8) is 0 Å². The molecular weight excluding hydrogens is 244 g/mol. The molecule has 1 aliphatic carbocycles. The zero-order chi connectivity index (χ0) is 14.5. The fraction of sp³-hybridized carbons (Fsp3) is 0.857. The van der Waals surface area contributed by atoms with Crippen molar-refractivity contribution in [2.45, 2.75) is 64.5 Å². The summed E-state index contributed by atoms with van der Waals surface area (Å²) < 4.78 is 0. The number of carbonyl (C=O) groups excluding carboxylic acids is 1. The Hall–Kier alpha value is -1.10. The molecule has 1 aliphatic rings. The van der Waals surface area contributed by atoms with Gasteiger partial charge in [0.05, 0.1) is 6.54 Å². The Kier molecular flexibility index (Phi) is 5.79. The average molecular weight is 270 g/mol. The van der Waals surface area contributed by atoms with Crippen LogP contribution in [0.1, 0.15) is 52.9 Å². The highest BCUT2D eigenvalue weighted by atomic mass is 16.4. The van der Waals surface area contributed by atoms with E-state index in [4.69, 9.17) is 0 Å². The van der Waals surface area contributed by atoms with Crippen molar-refractivity contribution in [1.29, 1.82) is 0 Å². The molecule has 110 valence electrons. The number of hydrogen-bond acceptors (Lipinski definition) is 3. The molecule has 1 atom stereocenters. The number of carboxylic acid groups (broad SMARTS) is 1. The first-order chi connectivity index (χ1) is 8.89. The average Bonchev–Trinajstić information content (AvgIpc) is 2.38. The molecule has 5 heteroatoms. The molecule has 0 saturated heterocycles. The Morgan fingerprint density at radius 2 is 1.95 bits per heavy atom. The van der Waals surface area contributed by atoms with Crippen molar-refractivity contribution in [3.8, 4) is 0 Å². The van der Waals surface area contributed by atoms with Crippen LogP contribution in [0.4, 0.5) is 0 Å². The molecule has 0 aromatic rings. The first-order valence-corrected chi connectivity index (χ1v) is 7.17. The Labute approximate surface area is 115 Å². The summed E-state index contributed by atoms with van der Waals surface area (Å²) in [6, 6.07) is 0.262. The van der Waals surface area contributed by atoms with E-state index in [1.165, 1.54) is 0 Å². The molecule has 0 spiro atoms. The van der Waals surface area contributed by atoms with Gasteiger partial charge in [-0.15, -0.1) is 0 Å². The Morgan fingerprint density at radius 3 is 2.42 bits per heavy atom. The minimum absolute atomic E-state index is 0.180. The van der Waals surface area contributed by atoms with Gasteiger partial charge >= 0.3 is 5.97 Å². The molecule has 1 saturated carbocycles. The predicted octanol–water partition coefficient (Wildman–Crippen LogP) is 1.52.